The lowest BCUT2D eigenvalue weighted by atomic mass is 10.2. The Balaban J connectivity index is 2.44. The number of ether oxygens (including phenoxy) is 1. The number of hydrogen-bond acceptors (Lipinski definition) is 5. The van der Waals surface area contributed by atoms with Crippen LogP contribution in [0.15, 0.2) is 23.1 Å². The number of carbonyl (C=O) groups is 1. The summed E-state index contributed by atoms with van der Waals surface area (Å²) in [6.07, 6.45) is -0.669. The van der Waals surface area contributed by atoms with Gasteiger partial charge in [-0.1, -0.05) is 6.07 Å². The van der Waals surface area contributed by atoms with E-state index in [0.717, 1.165) is 10.5 Å². The summed E-state index contributed by atoms with van der Waals surface area (Å²) in [5.74, 6) is 0.0817. The maximum absolute atomic E-state index is 11.2. The van der Waals surface area contributed by atoms with Gasteiger partial charge in [-0.25, -0.2) is 0 Å². The Labute approximate surface area is 112 Å². The number of esters is 1. The van der Waals surface area contributed by atoms with Gasteiger partial charge in [-0.15, -0.1) is 11.8 Å². The number of nitrogen functional groups attached to an aromatic ring is 1. The Morgan fingerprint density at radius 2 is 2.28 bits per heavy atom. The van der Waals surface area contributed by atoms with E-state index >= 15 is 0 Å². The normalized spacial score (nSPS) is 12.2. The largest absolute Gasteiger partial charge is 0.466 e. The molecule has 5 heteroatoms. The molecule has 1 atom stereocenters. The van der Waals surface area contributed by atoms with Crippen molar-refractivity contribution in [1.29, 1.82) is 0 Å². The molecule has 1 aromatic carbocycles. The van der Waals surface area contributed by atoms with E-state index in [1.54, 1.807) is 6.92 Å². The predicted octanol–water partition coefficient (Wildman–Crippen LogP) is 1.98. The van der Waals surface area contributed by atoms with Crippen molar-refractivity contribution in [3.05, 3.63) is 23.8 Å². The average molecular weight is 269 g/mol. The molecule has 0 saturated heterocycles. The van der Waals surface area contributed by atoms with Crippen molar-refractivity contribution in [1.82, 2.24) is 0 Å². The third kappa shape index (κ3) is 4.98. The number of hydrogen-bond donors (Lipinski definition) is 2. The third-order valence-electron chi connectivity index (χ3n) is 2.35. The molecule has 0 amide bonds. The van der Waals surface area contributed by atoms with Gasteiger partial charge in [0.2, 0.25) is 0 Å². The van der Waals surface area contributed by atoms with E-state index in [0.29, 0.717) is 18.0 Å². The van der Waals surface area contributed by atoms with Crippen molar-refractivity contribution in [2.45, 2.75) is 31.3 Å². The highest BCUT2D eigenvalue weighted by Gasteiger charge is 2.12. The molecular formula is C13H19NO3S. The SMILES string of the molecule is CCOC(=O)CC(O)CSc1cc(N)ccc1C. The van der Waals surface area contributed by atoms with Gasteiger partial charge in [0.1, 0.15) is 0 Å². The molecule has 1 rings (SSSR count). The molecule has 0 bridgehead atoms. The molecule has 1 aromatic rings. The first-order valence-electron chi connectivity index (χ1n) is 5.85. The van der Waals surface area contributed by atoms with Crippen molar-refractivity contribution >= 4 is 23.4 Å². The number of aliphatic hydroxyl groups excluding tert-OH is 1. The fourth-order valence-electron chi connectivity index (χ4n) is 1.43. The van der Waals surface area contributed by atoms with Gasteiger partial charge in [0.25, 0.3) is 0 Å². The molecular weight excluding hydrogens is 250 g/mol. The van der Waals surface area contributed by atoms with Crippen LogP contribution >= 0.6 is 11.8 Å². The molecule has 0 saturated carbocycles. The zero-order valence-electron chi connectivity index (χ0n) is 10.7. The summed E-state index contributed by atoms with van der Waals surface area (Å²) < 4.78 is 4.78. The Kier molecular flexibility index (Phi) is 6.01. The molecule has 0 aliphatic rings. The maximum atomic E-state index is 11.2. The van der Waals surface area contributed by atoms with Crippen molar-refractivity contribution in [3.63, 3.8) is 0 Å². The molecule has 18 heavy (non-hydrogen) atoms. The van der Waals surface area contributed by atoms with Gasteiger partial charge in [0.05, 0.1) is 19.1 Å². The van der Waals surface area contributed by atoms with Crippen molar-refractivity contribution in [2.75, 3.05) is 18.1 Å². The van der Waals surface area contributed by atoms with Crippen LogP contribution in [0.1, 0.15) is 18.9 Å². The number of aliphatic hydroxyl groups is 1. The van der Waals surface area contributed by atoms with Crippen molar-refractivity contribution < 1.29 is 14.6 Å². The summed E-state index contributed by atoms with van der Waals surface area (Å²) in [5.41, 5.74) is 7.51. The van der Waals surface area contributed by atoms with E-state index in [1.165, 1.54) is 11.8 Å². The summed E-state index contributed by atoms with van der Waals surface area (Å²) in [6, 6.07) is 5.65. The second-order valence-corrected chi connectivity index (χ2v) is 5.06. The average Bonchev–Trinajstić information content (AvgIpc) is 2.30. The number of thioether (sulfide) groups is 1. The molecule has 0 heterocycles. The number of benzene rings is 1. The summed E-state index contributed by atoms with van der Waals surface area (Å²) in [5, 5.41) is 9.71. The van der Waals surface area contributed by atoms with Crippen LogP contribution < -0.4 is 5.73 Å². The zero-order valence-corrected chi connectivity index (χ0v) is 11.5. The second kappa shape index (κ2) is 7.28. The third-order valence-corrected chi connectivity index (χ3v) is 3.65. The van der Waals surface area contributed by atoms with Gasteiger partial charge in [-0.3, -0.25) is 4.79 Å². The van der Waals surface area contributed by atoms with Gasteiger partial charge in [-0.05, 0) is 31.5 Å². The Bertz CT molecular complexity index is 409. The number of nitrogens with two attached hydrogens (primary N) is 1. The van der Waals surface area contributed by atoms with Gasteiger partial charge >= 0.3 is 5.97 Å². The van der Waals surface area contributed by atoms with Crippen LogP contribution in [-0.4, -0.2) is 29.5 Å². The van der Waals surface area contributed by atoms with Gasteiger partial charge in [0.15, 0.2) is 0 Å². The summed E-state index contributed by atoms with van der Waals surface area (Å²) in [7, 11) is 0. The van der Waals surface area contributed by atoms with E-state index < -0.39 is 6.10 Å². The molecule has 0 radical (unpaired) electrons. The quantitative estimate of drug-likeness (QED) is 0.469. The van der Waals surface area contributed by atoms with Gasteiger partial charge in [0, 0.05) is 16.3 Å². The standard InChI is InChI=1S/C13H19NO3S/c1-3-17-13(16)7-11(15)8-18-12-6-10(14)5-4-9(12)2/h4-6,11,15H,3,7-8,14H2,1-2H3. The van der Waals surface area contributed by atoms with Crippen LogP contribution in [0.4, 0.5) is 5.69 Å². The van der Waals surface area contributed by atoms with E-state index in [-0.39, 0.29) is 12.4 Å². The first kappa shape index (κ1) is 14.9. The molecule has 3 N–H and O–H groups in total. The number of carbonyl (C=O) groups excluding carboxylic acids is 1. The smallest absolute Gasteiger partial charge is 0.308 e. The molecule has 0 spiro atoms. The number of rotatable bonds is 6. The Morgan fingerprint density at radius 1 is 1.56 bits per heavy atom. The highest BCUT2D eigenvalue weighted by molar-refractivity contribution is 7.99. The van der Waals surface area contributed by atoms with Crippen LogP contribution in [0, 0.1) is 6.92 Å². The summed E-state index contributed by atoms with van der Waals surface area (Å²) in [4.78, 5) is 12.2. The predicted molar refractivity (Wildman–Crippen MR) is 73.6 cm³/mol. The van der Waals surface area contributed by atoms with Crippen LogP contribution in [0.5, 0.6) is 0 Å². The fraction of sp³-hybridized carbons (Fsp3) is 0.462. The van der Waals surface area contributed by atoms with Crippen LogP contribution in [-0.2, 0) is 9.53 Å². The summed E-state index contributed by atoms with van der Waals surface area (Å²) >= 11 is 1.49. The number of aryl methyl sites for hydroxylation is 1. The minimum Gasteiger partial charge on any atom is -0.466 e. The summed E-state index contributed by atoms with van der Waals surface area (Å²) in [6.45, 7) is 4.07. The topological polar surface area (TPSA) is 72.5 Å². The maximum Gasteiger partial charge on any atom is 0.308 e. The van der Waals surface area contributed by atoms with Crippen LogP contribution in [0.3, 0.4) is 0 Å². The zero-order chi connectivity index (χ0) is 13.5. The molecule has 0 aromatic heterocycles. The molecule has 1 unspecified atom stereocenters. The first-order chi connectivity index (χ1) is 8.52. The number of anilines is 1. The van der Waals surface area contributed by atoms with Crippen LogP contribution in [0.2, 0.25) is 0 Å². The monoisotopic (exact) mass is 269 g/mol. The molecule has 4 nitrogen and oxygen atoms in total. The first-order valence-corrected chi connectivity index (χ1v) is 6.84. The van der Waals surface area contributed by atoms with Gasteiger partial charge < -0.3 is 15.6 Å². The van der Waals surface area contributed by atoms with Crippen LogP contribution in [0.25, 0.3) is 0 Å². The van der Waals surface area contributed by atoms with Gasteiger partial charge in [-0.2, -0.15) is 0 Å². The second-order valence-electron chi connectivity index (χ2n) is 4.00. The molecule has 100 valence electrons. The fourth-order valence-corrected chi connectivity index (χ4v) is 2.43. The lowest BCUT2D eigenvalue weighted by molar-refractivity contribution is -0.144. The highest BCUT2D eigenvalue weighted by Crippen LogP contribution is 2.25. The molecule has 0 fully saturated rings. The van der Waals surface area contributed by atoms with E-state index in [9.17, 15) is 9.90 Å². The lowest BCUT2D eigenvalue weighted by Crippen LogP contribution is -2.17. The lowest BCUT2D eigenvalue weighted by Gasteiger charge is -2.11. The van der Waals surface area contributed by atoms with E-state index in [4.69, 9.17) is 10.5 Å². The van der Waals surface area contributed by atoms with E-state index in [1.807, 2.05) is 25.1 Å². The van der Waals surface area contributed by atoms with Crippen molar-refractivity contribution in [3.8, 4) is 0 Å². The van der Waals surface area contributed by atoms with Crippen molar-refractivity contribution in [2.24, 2.45) is 0 Å². The Hall–Kier alpha value is -1.20. The van der Waals surface area contributed by atoms with E-state index in [2.05, 4.69) is 0 Å². The Morgan fingerprint density at radius 3 is 2.94 bits per heavy atom. The molecule has 0 aliphatic carbocycles. The minimum atomic E-state index is -0.699. The highest BCUT2D eigenvalue weighted by atomic mass is 32.2. The minimum absolute atomic E-state index is 0.0300. The molecule has 0 aliphatic heterocycles.